The van der Waals surface area contributed by atoms with Crippen LogP contribution in [0.25, 0.3) is 0 Å². The van der Waals surface area contributed by atoms with Crippen LogP contribution in [-0.2, 0) is 9.53 Å². The molecule has 2 aromatic carbocycles. The standard InChI is InChI=1S/C25H21NO7/c1-14(2)33-25(31)16-5-9-17(10-6-16)26-21(15-7-11-18(27)12-8-15)20(23(29)24(26)30)22(28)19-4-3-13-32-19/h3-14,21,27,29H,1-2H3. The van der Waals surface area contributed by atoms with E-state index in [1.807, 2.05) is 0 Å². The van der Waals surface area contributed by atoms with Gasteiger partial charge in [-0.05, 0) is 67.9 Å². The zero-order chi connectivity index (χ0) is 23.7. The average Bonchev–Trinajstić information content (AvgIpc) is 3.41. The zero-order valence-corrected chi connectivity index (χ0v) is 17.9. The van der Waals surface area contributed by atoms with Crippen molar-refractivity contribution in [2.24, 2.45) is 0 Å². The van der Waals surface area contributed by atoms with Gasteiger partial charge in [0, 0.05) is 5.69 Å². The molecule has 1 unspecified atom stereocenters. The van der Waals surface area contributed by atoms with E-state index in [0.29, 0.717) is 16.8 Å². The first kappa shape index (κ1) is 21.9. The van der Waals surface area contributed by atoms with Gasteiger partial charge in [-0.3, -0.25) is 14.5 Å². The van der Waals surface area contributed by atoms with Crippen molar-refractivity contribution in [3.8, 4) is 5.75 Å². The van der Waals surface area contributed by atoms with Crippen molar-refractivity contribution in [1.29, 1.82) is 0 Å². The third-order valence-corrected chi connectivity index (χ3v) is 5.13. The number of amides is 1. The highest BCUT2D eigenvalue weighted by Gasteiger charge is 2.45. The lowest BCUT2D eigenvalue weighted by molar-refractivity contribution is -0.117. The highest BCUT2D eigenvalue weighted by molar-refractivity contribution is 6.20. The molecule has 0 spiro atoms. The van der Waals surface area contributed by atoms with Crippen molar-refractivity contribution < 1.29 is 33.8 Å². The maximum atomic E-state index is 13.1. The van der Waals surface area contributed by atoms with E-state index >= 15 is 0 Å². The molecule has 0 aliphatic carbocycles. The molecule has 4 rings (SSSR count). The van der Waals surface area contributed by atoms with Crippen LogP contribution in [0.4, 0.5) is 5.69 Å². The smallest absolute Gasteiger partial charge is 0.338 e. The van der Waals surface area contributed by atoms with E-state index in [9.17, 15) is 24.6 Å². The molecule has 8 heteroatoms. The molecule has 0 fully saturated rings. The number of hydrogen-bond acceptors (Lipinski definition) is 7. The number of aromatic hydroxyl groups is 1. The van der Waals surface area contributed by atoms with E-state index in [2.05, 4.69) is 0 Å². The van der Waals surface area contributed by atoms with E-state index < -0.39 is 29.5 Å². The summed E-state index contributed by atoms with van der Waals surface area (Å²) in [5.41, 5.74) is 0.990. The van der Waals surface area contributed by atoms with Crippen molar-refractivity contribution in [3.05, 3.63) is 95.1 Å². The number of carbonyl (C=O) groups is 3. The van der Waals surface area contributed by atoms with Crippen LogP contribution < -0.4 is 4.90 Å². The molecular weight excluding hydrogens is 426 g/mol. The van der Waals surface area contributed by atoms with E-state index in [4.69, 9.17) is 9.15 Å². The molecule has 0 bridgehead atoms. The number of hydrogen-bond donors (Lipinski definition) is 2. The third kappa shape index (κ3) is 4.10. The first-order valence-electron chi connectivity index (χ1n) is 10.2. The molecule has 0 radical (unpaired) electrons. The fourth-order valence-electron chi connectivity index (χ4n) is 3.66. The normalized spacial score (nSPS) is 15.9. The van der Waals surface area contributed by atoms with Crippen LogP contribution in [0.15, 0.2) is 82.7 Å². The Morgan fingerprint density at radius 3 is 2.24 bits per heavy atom. The number of rotatable bonds is 6. The molecule has 33 heavy (non-hydrogen) atoms. The van der Waals surface area contributed by atoms with Gasteiger partial charge in [-0.1, -0.05) is 12.1 Å². The number of ether oxygens (including phenoxy) is 1. The molecule has 1 aliphatic rings. The van der Waals surface area contributed by atoms with Crippen molar-refractivity contribution in [1.82, 2.24) is 0 Å². The zero-order valence-electron chi connectivity index (χ0n) is 17.9. The summed E-state index contributed by atoms with van der Waals surface area (Å²) in [6.45, 7) is 3.48. The predicted molar refractivity (Wildman–Crippen MR) is 118 cm³/mol. The number of phenolic OH excluding ortho intramolecular Hbond substituents is 1. The van der Waals surface area contributed by atoms with E-state index in [-0.39, 0.29) is 23.2 Å². The second kappa shape index (κ2) is 8.66. The van der Waals surface area contributed by atoms with E-state index in [1.165, 1.54) is 59.7 Å². The second-order valence-electron chi connectivity index (χ2n) is 7.74. The maximum Gasteiger partial charge on any atom is 0.338 e. The summed E-state index contributed by atoms with van der Waals surface area (Å²) in [5, 5.41) is 20.4. The monoisotopic (exact) mass is 447 g/mol. The summed E-state index contributed by atoms with van der Waals surface area (Å²) in [5.74, 6) is -2.63. The lowest BCUT2D eigenvalue weighted by Crippen LogP contribution is -2.31. The number of aliphatic hydroxyl groups excluding tert-OH is 1. The van der Waals surface area contributed by atoms with Gasteiger partial charge in [0.2, 0.25) is 5.78 Å². The number of aliphatic hydroxyl groups is 1. The molecule has 2 heterocycles. The number of carbonyl (C=O) groups excluding carboxylic acids is 3. The Morgan fingerprint density at radius 2 is 1.67 bits per heavy atom. The minimum atomic E-state index is -0.982. The maximum absolute atomic E-state index is 13.1. The Morgan fingerprint density at radius 1 is 1.00 bits per heavy atom. The molecule has 1 aromatic heterocycles. The predicted octanol–water partition coefficient (Wildman–Crippen LogP) is 4.33. The summed E-state index contributed by atoms with van der Waals surface area (Å²) < 4.78 is 10.4. The number of furan rings is 1. The highest BCUT2D eigenvalue weighted by Crippen LogP contribution is 2.42. The van der Waals surface area contributed by atoms with Gasteiger partial charge in [-0.15, -0.1) is 0 Å². The molecule has 1 amide bonds. The van der Waals surface area contributed by atoms with Crippen LogP contribution in [0, 0.1) is 0 Å². The lowest BCUT2D eigenvalue weighted by Gasteiger charge is -2.27. The minimum Gasteiger partial charge on any atom is -0.508 e. The van der Waals surface area contributed by atoms with Gasteiger partial charge < -0.3 is 19.4 Å². The highest BCUT2D eigenvalue weighted by atomic mass is 16.5. The van der Waals surface area contributed by atoms with Crippen LogP contribution in [0.3, 0.4) is 0 Å². The van der Waals surface area contributed by atoms with E-state index in [1.54, 1.807) is 26.0 Å². The fraction of sp³-hybridized carbons (Fsp3) is 0.160. The summed E-state index contributed by atoms with van der Waals surface area (Å²) in [6, 6.07) is 14.0. The fourth-order valence-corrected chi connectivity index (χ4v) is 3.66. The third-order valence-electron chi connectivity index (χ3n) is 5.13. The van der Waals surface area contributed by atoms with Gasteiger partial charge in [-0.2, -0.15) is 0 Å². The molecule has 8 nitrogen and oxygen atoms in total. The van der Waals surface area contributed by atoms with Crippen molar-refractivity contribution >= 4 is 23.3 Å². The lowest BCUT2D eigenvalue weighted by atomic mass is 9.94. The topological polar surface area (TPSA) is 117 Å². The minimum absolute atomic E-state index is 0.00903. The summed E-state index contributed by atoms with van der Waals surface area (Å²) in [4.78, 5) is 39.7. The molecule has 0 saturated heterocycles. The number of Topliss-reactive ketones (excluding diaryl/α,β-unsaturated/α-hetero) is 1. The number of ketones is 1. The molecule has 3 aromatic rings. The first-order chi connectivity index (χ1) is 15.8. The van der Waals surface area contributed by atoms with Crippen LogP contribution in [0.2, 0.25) is 0 Å². The molecule has 168 valence electrons. The Kier molecular flexibility index (Phi) is 5.74. The Labute approximate surface area is 189 Å². The Hall–Kier alpha value is -4.33. The largest absolute Gasteiger partial charge is 0.508 e. The summed E-state index contributed by atoms with van der Waals surface area (Å²) in [7, 11) is 0. The van der Waals surface area contributed by atoms with Crippen molar-refractivity contribution in [2.75, 3.05) is 4.90 Å². The van der Waals surface area contributed by atoms with Crippen molar-refractivity contribution in [3.63, 3.8) is 0 Å². The van der Waals surface area contributed by atoms with Gasteiger partial charge in [0.1, 0.15) is 5.75 Å². The summed E-state index contributed by atoms with van der Waals surface area (Å²) in [6.07, 6.45) is 1.04. The number of esters is 1. The van der Waals surface area contributed by atoms with Gasteiger partial charge in [-0.25, -0.2) is 4.79 Å². The number of benzene rings is 2. The molecular formula is C25H21NO7. The summed E-state index contributed by atoms with van der Waals surface area (Å²) >= 11 is 0. The second-order valence-corrected chi connectivity index (χ2v) is 7.74. The van der Waals surface area contributed by atoms with Gasteiger partial charge in [0.15, 0.2) is 11.5 Å². The van der Waals surface area contributed by atoms with Gasteiger partial charge in [0.05, 0.1) is 29.5 Å². The van der Waals surface area contributed by atoms with Crippen LogP contribution in [0.1, 0.15) is 46.4 Å². The Balaban J connectivity index is 1.77. The van der Waals surface area contributed by atoms with Gasteiger partial charge >= 0.3 is 5.97 Å². The van der Waals surface area contributed by atoms with Crippen molar-refractivity contribution in [2.45, 2.75) is 26.0 Å². The first-order valence-corrected chi connectivity index (χ1v) is 10.2. The number of anilines is 1. The van der Waals surface area contributed by atoms with Gasteiger partial charge in [0.25, 0.3) is 5.91 Å². The van der Waals surface area contributed by atoms with E-state index in [0.717, 1.165) is 0 Å². The molecule has 0 saturated carbocycles. The molecule has 1 aliphatic heterocycles. The van der Waals surface area contributed by atoms with Crippen LogP contribution in [-0.4, -0.2) is 34.0 Å². The van der Waals surface area contributed by atoms with Crippen LogP contribution in [0.5, 0.6) is 5.75 Å². The molecule has 1 atom stereocenters. The quantitative estimate of drug-likeness (QED) is 0.426. The molecule has 2 N–H and O–H groups in total. The number of nitrogens with zero attached hydrogens (tertiary/aromatic N) is 1. The van der Waals surface area contributed by atoms with Crippen LogP contribution >= 0.6 is 0 Å². The number of phenols is 1. The Bertz CT molecular complexity index is 1220. The average molecular weight is 447 g/mol. The SMILES string of the molecule is CC(C)OC(=O)c1ccc(N2C(=O)C(O)=C(C(=O)c3ccco3)C2c2ccc(O)cc2)cc1.